The van der Waals surface area contributed by atoms with Crippen molar-refractivity contribution in [1.82, 2.24) is 14.8 Å². The first-order valence-corrected chi connectivity index (χ1v) is 10.8. The smallest absolute Gasteiger partial charge is 0.410 e. The second-order valence-electron chi connectivity index (χ2n) is 8.59. The molecule has 0 saturated carbocycles. The Balaban J connectivity index is 1.48. The van der Waals surface area contributed by atoms with Crippen LogP contribution >= 0.6 is 0 Å². The third-order valence-corrected chi connectivity index (χ3v) is 4.97. The highest BCUT2D eigenvalue weighted by Gasteiger charge is 2.25. The highest BCUT2D eigenvalue weighted by molar-refractivity contribution is 5.94. The zero-order valence-electron chi connectivity index (χ0n) is 18.8. The molecular weight excluding hydrogens is 396 g/mol. The number of nitrogens with zero attached hydrogens (tertiary/aromatic N) is 3. The van der Waals surface area contributed by atoms with Gasteiger partial charge in [-0.1, -0.05) is 0 Å². The lowest BCUT2D eigenvalue weighted by Gasteiger charge is -2.35. The van der Waals surface area contributed by atoms with Gasteiger partial charge >= 0.3 is 12.1 Å². The summed E-state index contributed by atoms with van der Waals surface area (Å²) in [5, 5.41) is 4.32. The van der Waals surface area contributed by atoms with Crippen LogP contribution in [0.2, 0.25) is 0 Å². The second-order valence-corrected chi connectivity index (χ2v) is 8.59. The predicted octanol–water partition coefficient (Wildman–Crippen LogP) is 3.38. The number of pyridine rings is 1. The number of aromatic nitrogens is 1. The molecule has 3 rings (SSSR count). The van der Waals surface area contributed by atoms with Gasteiger partial charge in [0.15, 0.2) is 0 Å². The molecule has 0 aliphatic carbocycles. The number of carbonyl (C=O) groups is 2. The topological polar surface area (TPSA) is 84.0 Å². The molecule has 8 nitrogen and oxygen atoms in total. The van der Waals surface area contributed by atoms with Crippen LogP contribution in [0.15, 0.2) is 30.5 Å². The van der Waals surface area contributed by atoms with Crippen LogP contribution in [-0.2, 0) is 9.47 Å². The van der Waals surface area contributed by atoms with Crippen LogP contribution in [0.5, 0.6) is 0 Å². The summed E-state index contributed by atoms with van der Waals surface area (Å²) in [6, 6.07) is 7.72. The maximum Gasteiger partial charge on any atom is 0.410 e. The fourth-order valence-corrected chi connectivity index (χ4v) is 3.41. The third-order valence-electron chi connectivity index (χ3n) is 4.97. The minimum Gasteiger partial charge on any atom is -0.462 e. The van der Waals surface area contributed by atoms with Crippen molar-refractivity contribution in [1.29, 1.82) is 0 Å². The number of rotatable bonds is 6. The quantitative estimate of drug-likeness (QED) is 0.706. The van der Waals surface area contributed by atoms with Gasteiger partial charge in [-0.25, -0.2) is 9.59 Å². The number of benzene rings is 1. The standard InChI is InChI=1S/C23H32N4O4/c1-5-30-21(28)18-14-17-15-19(6-7-20(17)25-16-18)24-8-9-26-10-12-27(13-11-26)22(29)31-23(2,3)4/h6-7,14-16,24H,5,8-13H2,1-4H3. The number of anilines is 1. The Morgan fingerprint density at radius 1 is 1.13 bits per heavy atom. The van der Waals surface area contributed by atoms with Crippen molar-refractivity contribution < 1.29 is 19.1 Å². The molecule has 0 atom stereocenters. The Labute approximate surface area is 183 Å². The summed E-state index contributed by atoms with van der Waals surface area (Å²) in [5.74, 6) is -0.360. The van der Waals surface area contributed by atoms with Crippen molar-refractivity contribution in [3.8, 4) is 0 Å². The second kappa shape index (κ2) is 9.96. The van der Waals surface area contributed by atoms with Crippen LogP contribution in [0, 0.1) is 0 Å². The van der Waals surface area contributed by atoms with Gasteiger partial charge in [-0.3, -0.25) is 9.88 Å². The number of hydrogen-bond acceptors (Lipinski definition) is 7. The molecule has 0 radical (unpaired) electrons. The average molecular weight is 429 g/mol. The minimum atomic E-state index is -0.468. The zero-order valence-corrected chi connectivity index (χ0v) is 18.8. The molecule has 0 spiro atoms. The lowest BCUT2D eigenvalue weighted by Crippen LogP contribution is -2.50. The highest BCUT2D eigenvalue weighted by Crippen LogP contribution is 2.19. The van der Waals surface area contributed by atoms with Crippen LogP contribution in [0.1, 0.15) is 38.1 Å². The molecule has 1 fully saturated rings. The lowest BCUT2D eigenvalue weighted by molar-refractivity contribution is 0.0148. The van der Waals surface area contributed by atoms with Crippen LogP contribution in [0.25, 0.3) is 10.9 Å². The lowest BCUT2D eigenvalue weighted by atomic mass is 10.1. The Morgan fingerprint density at radius 2 is 1.87 bits per heavy atom. The summed E-state index contributed by atoms with van der Waals surface area (Å²) in [5.41, 5.74) is 1.79. The Kier molecular flexibility index (Phi) is 7.33. The maximum absolute atomic E-state index is 12.2. The minimum absolute atomic E-state index is 0.239. The summed E-state index contributed by atoms with van der Waals surface area (Å²) >= 11 is 0. The van der Waals surface area contributed by atoms with Gasteiger partial charge in [-0.15, -0.1) is 0 Å². The Morgan fingerprint density at radius 3 is 2.55 bits per heavy atom. The van der Waals surface area contributed by atoms with E-state index in [2.05, 4.69) is 15.2 Å². The SMILES string of the molecule is CCOC(=O)c1cnc2ccc(NCCN3CCN(C(=O)OC(C)(C)C)CC3)cc2c1. The van der Waals surface area contributed by atoms with Crippen LogP contribution in [0.3, 0.4) is 0 Å². The van der Waals surface area contributed by atoms with E-state index in [4.69, 9.17) is 9.47 Å². The van der Waals surface area contributed by atoms with Gasteiger partial charge in [0, 0.05) is 56.5 Å². The summed E-state index contributed by atoms with van der Waals surface area (Å²) in [6.07, 6.45) is 1.31. The number of fused-ring (bicyclic) bond motifs is 1. The predicted molar refractivity (Wildman–Crippen MR) is 120 cm³/mol. The fourth-order valence-electron chi connectivity index (χ4n) is 3.41. The van der Waals surface area contributed by atoms with Gasteiger partial charge in [-0.05, 0) is 52.0 Å². The molecule has 1 aliphatic rings. The molecule has 1 saturated heterocycles. The van der Waals surface area contributed by atoms with E-state index in [1.54, 1.807) is 24.1 Å². The van der Waals surface area contributed by atoms with Crippen molar-refractivity contribution in [3.05, 3.63) is 36.0 Å². The van der Waals surface area contributed by atoms with Crippen molar-refractivity contribution in [2.75, 3.05) is 51.2 Å². The van der Waals surface area contributed by atoms with E-state index < -0.39 is 5.60 Å². The number of amides is 1. The Hall–Kier alpha value is -2.87. The monoisotopic (exact) mass is 428 g/mol. The van der Waals surface area contributed by atoms with Gasteiger partial charge in [0.05, 0.1) is 17.7 Å². The third kappa shape index (κ3) is 6.55. The zero-order chi connectivity index (χ0) is 22.4. The number of piperazine rings is 1. The van der Waals surface area contributed by atoms with E-state index in [0.717, 1.165) is 42.8 Å². The van der Waals surface area contributed by atoms with Crippen molar-refractivity contribution in [3.63, 3.8) is 0 Å². The molecule has 2 aromatic rings. The summed E-state index contributed by atoms with van der Waals surface area (Å²) in [7, 11) is 0. The van der Waals surface area contributed by atoms with Gasteiger partial charge < -0.3 is 19.7 Å². The molecule has 1 amide bonds. The normalized spacial score (nSPS) is 15.0. The van der Waals surface area contributed by atoms with Crippen molar-refractivity contribution in [2.24, 2.45) is 0 Å². The number of esters is 1. The van der Waals surface area contributed by atoms with Crippen LogP contribution < -0.4 is 5.32 Å². The first-order chi connectivity index (χ1) is 14.7. The van der Waals surface area contributed by atoms with E-state index in [1.165, 1.54) is 0 Å². The molecule has 1 aromatic carbocycles. The molecule has 0 bridgehead atoms. The van der Waals surface area contributed by atoms with Gasteiger partial charge in [-0.2, -0.15) is 0 Å². The van der Waals surface area contributed by atoms with Crippen molar-refractivity contribution in [2.45, 2.75) is 33.3 Å². The number of ether oxygens (including phenoxy) is 2. The number of carbonyl (C=O) groups excluding carboxylic acids is 2. The van der Waals surface area contributed by atoms with Gasteiger partial charge in [0.1, 0.15) is 5.60 Å². The van der Waals surface area contributed by atoms with E-state index in [0.29, 0.717) is 25.3 Å². The number of hydrogen-bond donors (Lipinski definition) is 1. The average Bonchev–Trinajstić information content (AvgIpc) is 2.72. The largest absolute Gasteiger partial charge is 0.462 e. The van der Waals surface area contributed by atoms with Crippen LogP contribution in [0.4, 0.5) is 10.5 Å². The summed E-state index contributed by atoms with van der Waals surface area (Å²) in [4.78, 5) is 32.5. The van der Waals surface area contributed by atoms with E-state index in [9.17, 15) is 9.59 Å². The van der Waals surface area contributed by atoms with E-state index in [-0.39, 0.29) is 12.1 Å². The summed E-state index contributed by atoms with van der Waals surface area (Å²) < 4.78 is 10.5. The van der Waals surface area contributed by atoms with Crippen LogP contribution in [-0.4, -0.2) is 78.3 Å². The molecule has 31 heavy (non-hydrogen) atoms. The first kappa shape index (κ1) is 22.8. The fraction of sp³-hybridized carbons (Fsp3) is 0.522. The number of nitrogens with one attached hydrogen (secondary N) is 1. The Bertz CT molecular complexity index is 917. The highest BCUT2D eigenvalue weighted by atomic mass is 16.6. The maximum atomic E-state index is 12.2. The van der Waals surface area contributed by atoms with Gasteiger partial charge in [0.25, 0.3) is 0 Å². The molecule has 0 unspecified atom stereocenters. The molecule has 2 heterocycles. The summed E-state index contributed by atoms with van der Waals surface area (Å²) in [6.45, 7) is 12.4. The van der Waals surface area contributed by atoms with E-state index >= 15 is 0 Å². The molecule has 168 valence electrons. The molecular formula is C23H32N4O4. The molecule has 8 heteroatoms. The van der Waals surface area contributed by atoms with Crippen molar-refractivity contribution >= 4 is 28.7 Å². The molecule has 1 aliphatic heterocycles. The molecule has 1 N–H and O–H groups in total. The van der Waals surface area contributed by atoms with Gasteiger partial charge in [0.2, 0.25) is 0 Å². The first-order valence-electron chi connectivity index (χ1n) is 10.8. The molecule has 1 aromatic heterocycles. The van der Waals surface area contributed by atoms with E-state index in [1.807, 2.05) is 39.0 Å².